The molecule has 0 saturated heterocycles. The molecule has 2 nitrogen and oxygen atoms in total. The van der Waals surface area contributed by atoms with Crippen LogP contribution in [0.25, 0.3) is 0 Å². The van der Waals surface area contributed by atoms with E-state index in [4.69, 9.17) is 11.6 Å². The number of hydrogen-bond donors (Lipinski definition) is 1. The van der Waals surface area contributed by atoms with Crippen LogP contribution in [-0.2, 0) is 11.3 Å². The molecule has 0 aliphatic rings. The Bertz CT molecular complexity index is 354. The van der Waals surface area contributed by atoms with E-state index < -0.39 is 5.82 Å². The normalized spacial score (nSPS) is 10.3. The molecule has 1 aromatic carbocycles. The fourth-order valence-corrected chi connectivity index (χ4v) is 1.35. The number of ketones is 1. The predicted molar refractivity (Wildman–Crippen MR) is 58.4 cm³/mol. The van der Waals surface area contributed by atoms with Crippen molar-refractivity contribution in [3.8, 4) is 0 Å². The standard InChI is InChI=1S/C11H13ClFNO/c1-8(15)4-5-14-7-9-2-3-11(13)10(12)6-9/h2-3,6,14H,4-5,7H2,1H3. The summed E-state index contributed by atoms with van der Waals surface area (Å²) < 4.78 is 12.8. The van der Waals surface area contributed by atoms with Crippen LogP contribution in [0.5, 0.6) is 0 Å². The maximum atomic E-state index is 12.8. The van der Waals surface area contributed by atoms with Crippen LogP contribution >= 0.6 is 11.6 Å². The molecule has 0 aliphatic heterocycles. The molecule has 4 heteroatoms. The van der Waals surface area contributed by atoms with Crippen LogP contribution in [-0.4, -0.2) is 12.3 Å². The quantitative estimate of drug-likeness (QED) is 0.787. The Morgan fingerprint density at radius 2 is 2.27 bits per heavy atom. The lowest BCUT2D eigenvalue weighted by molar-refractivity contribution is -0.116. The number of carbonyl (C=O) groups is 1. The molecule has 0 bridgehead atoms. The lowest BCUT2D eigenvalue weighted by Gasteiger charge is -2.04. The van der Waals surface area contributed by atoms with Crippen molar-refractivity contribution in [1.82, 2.24) is 5.32 Å². The second-order valence-corrected chi connectivity index (χ2v) is 3.78. The fourth-order valence-electron chi connectivity index (χ4n) is 1.15. The highest BCUT2D eigenvalue weighted by Gasteiger charge is 2.00. The Labute approximate surface area is 93.4 Å². The van der Waals surface area contributed by atoms with Gasteiger partial charge in [0, 0.05) is 19.5 Å². The van der Waals surface area contributed by atoms with Crippen LogP contribution in [0.4, 0.5) is 4.39 Å². The third-order valence-electron chi connectivity index (χ3n) is 1.97. The molecule has 1 N–H and O–H groups in total. The third kappa shape index (κ3) is 4.40. The van der Waals surface area contributed by atoms with Crippen LogP contribution < -0.4 is 5.32 Å². The van der Waals surface area contributed by atoms with Gasteiger partial charge < -0.3 is 5.32 Å². The van der Waals surface area contributed by atoms with Gasteiger partial charge in [0.2, 0.25) is 0 Å². The largest absolute Gasteiger partial charge is 0.312 e. The molecule has 82 valence electrons. The van der Waals surface area contributed by atoms with Crippen LogP contribution in [0.15, 0.2) is 18.2 Å². The molecule has 15 heavy (non-hydrogen) atoms. The summed E-state index contributed by atoms with van der Waals surface area (Å²) in [7, 11) is 0. The summed E-state index contributed by atoms with van der Waals surface area (Å²) in [6.07, 6.45) is 0.509. The molecule has 0 fully saturated rings. The van der Waals surface area contributed by atoms with E-state index in [-0.39, 0.29) is 10.8 Å². The molecule has 1 rings (SSSR count). The van der Waals surface area contributed by atoms with Gasteiger partial charge in [-0.2, -0.15) is 0 Å². The SMILES string of the molecule is CC(=O)CCNCc1ccc(F)c(Cl)c1. The van der Waals surface area contributed by atoms with Crippen molar-refractivity contribution in [2.45, 2.75) is 19.9 Å². The van der Waals surface area contributed by atoms with Crippen molar-refractivity contribution < 1.29 is 9.18 Å². The second kappa shape index (κ2) is 5.83. The summed E-state index contributed by atoms with van der Waals surface area (Å²) >= 11 is 5.62. The van der Waals surface area contributed by atoms with Gasteiger partial charge in [-0.1, -0.05) is 17.7 Å². The van der Waals surface area contributed by atoms with Gasteiger partial charge in [0.15, 0.2) is 0 Å². The van der Waals surface area contributed by atoms with Crippen molar-refractivity contribution in [3.05, 3.63) is 34.6 Å². The number of nitrogens with one attached hydrogen (secondary N) is 1. The van der Waals surface area contributed by atoms with Crippen molar-refractivity contribution in [3.63, 3.8) is 0 Å². The molecule has 0 saturated carbocycles. The number of carbonyl (C=O) groups excluding carboxylic acids is 1. The van der Waals surface area contributed by atoms with Gasteiger partial charge >= 0.3 is 0 Å². The van der Waals surface area contributed by atoms with Gasteiger partial charge in [0.25, 0.3) is 0 Å². The number of rotatable bonds is 5. The first kappa shape index (κ1) is 12.1. The van der Waals surface area contributed by atoms with Gasteiger partial charge in [0.1, 0.15) is 11.6 Å². The average Bonchev–Trinajstić information content (AvgIpc) is 2.18. The average molecular weight is 230 g/mol. The van der Waals surface area contributed by atoms with Gasteiger partial charge in [-0.25, -0.2) is 4.39 Å². The highest BCUT2D eigenvalue weighted by molar-refractivity contribution is 6.30. The topological polar surface area (TPSA) is 29.1 Å². The zero-order valence-corrected chi connectivity index (χ0v) is 9.27. The Morgan fingerprint density at radius 1 is 1.53 bits per heavy atom. The van der Waals surface area contributed by atoms with Crippen LogP contribution in [0.2, 0.25) is 5.02 Å². The molecule has 0 heterocycles. The molecule has 0 unspecified atom stereocenters. The number of hydrogen-bond acceptors (Lipinski definition) is 2. The minimum absolute atomic E-state index is 0.126. The van der Waals surface area contributed by atoms with Crippen LogP contribution in [0, 0.1) is 5.82 Å². The molecule has 0 amide bonds. The molecule has 0 aromatic heterocycles. The fraction of sp³-hybridized carbons (Fsp3) is 0.364. The molecule has 0 radical (unpaired) electrons. The Kier molecular flexibility index (Phi) is 4.72. The number of halogens is 2. The third-order valence-corrected chi connectivity index (χ3v) is 2.26. The van der Waals surface area contributed by atoms with E-state index in [2.05, 4.69) is 5.32 Å². The maximum Gasteiger partial charge on any atom is 0.141 e. The first-order chi connectivity index (χ1) is 7.09. The summed E-state index contributed by atoms with van der Waals surface area (Å²) in [6.45, 7) is 2.77. The summed E-state index contributed by atoms with van der Waals surface area (Å²) in [5, 5.41) is 3.20. The monoisotopic (exact) mass is 229 g/mol. The van der Waals surface area contributed by atoms with E-state index in [9.17, 15) is 9.18 Å². The van der Waals surface area contributed by atoms with Crippen molar-refractivity contribution in [2.24, 2.45) is 0 Å². The van der Waals surface area contributed by atoms with Gasteiger partial charge in [-0.15, -0.1) is 0 Å². The first-order valence-corrected chi connectivity index (χ1v) is 5.11. The van der Waals surface area contributed by atoms with E-state index in [1.807, 2.05) is 0 Å². The lowest BCUT2D eigenvalue weighted by atomic mass is 10.2. The zero-order valence-electron chi connectivity index (χ0n) is 8.52. The van der Waals surface area contributed by atoms with E-state index >= 15 is 0 Å². The summed E-state index contributed by atoms with van der Waals surface area (Å²) in [6, 6.07) is 4.59. The first-order valence-electron chi connectivity index (χ1n) is 4.73. The number of Topliss-reactive ketones (excluding diaryl/α,β-unsaturated/α-hetero) is 1. The zero-order chi connectivity index (χ0) is 11.3. The minimum atomic E-state index is -0.413. The molecular weight excluding hydrogens is 217 g/mol. The smallest absolute Gasteiger partial charge is 0.141 e. The van der Waals surface area contributed by atoms with Crippen LogP contribution in [0.1, 0.15) is 18.9 Å². The van der Waals surface area contributed by atoms with Gasteiger partial charge in [-0.05, 0) is 24.6 Å². The molecule has 1 aromatic rings. The predicted octanol–water partition coefficient (Wildman–Crippen LogP) is 2.55. The highest BCUT2D eigenvalue weighted by Crippen LogP contribution is 2.15. The Hall–Kier alpha value is -0.930. The summed E-state index contributed by atoms with van der Waals surface area (Å²) in [5.41, 5.74) is 0.907. The van der Waals surface area contributed by atoms with E-state index in [0.717, 1.165) is 5.56 Å². The van der Waals surface area contributed by atoms with E-state index in [0.29, 0.717) is 19.5 Å². The van der Waals surface area contributed by atoms with E-state index in [1.165, 1.54) is 6.07 Å². The Balaban J connectivity index is 2.38. The molecule has 0 spiro atoms. The van der Waals surface area contributed by atoms with Crippen LogP contribution in [0.3, 0.4) is 0 Å². The molecule has 0 aliphatic carbocycles. The maximum absolute atomic E-state index is 12.8. The van der Waals surface area contributed by atoms with Gasteiger partial charge in [0.05, 0.1) is 5.02 Å². The highest BCUT2D eigenvalue weighted by atomic mass is 35.5. The number of benzene rings is 1. The van der Waals surface area contributed by atoms with Crippen molar-refractivity contribution >= 4 is 17.4 Å². The van der Waals surface area contributed by atoms with Gasteiger partial charge in [-0.3, -0.25) is 4.79 Å². The van der Waals surface area contributed by atoms with Crippen molar-refractivity contribution in [2.75, 3.05) is 6.54 Å². The molecule has 0 atom stereocenters. The summed E-state index contributed by atoms with van der Waals surface area (Å²) in [5.74, 6) is -0.260. The van der Waals surface area contributed by atoms with E-state index in [1.54, 1.807) is 19.1 Å². The Morgan fingerprint density at radius 3 is 2.87 bits per heavy atom. The second-order valence-electron chi connectivity index (χ2n) is 3.38. The van der Waals surface area contributed by atoms with Crippen molar-refractivity contribution in [1.29, 1.82) is 0 Å². The lowest BCUT2D eigenvalue weighted by Crippen LogP contribution is -2.16. The molecular formula is C11H13ClFNO. The summed E-state index contributed by atoms with van der Waals surface area (Å²) in [4.78, 5) is 10.6. The minimum Gasteiger partial charge on any atom is -0.312 e.